The second kappa shape index (κ2) is 4.04. The number of fused-ring (bicyclic) bond motifs is 1. The summed E-state index contributed by atoms with van der Waals surface area (Å²) >= 11 is 0. The van der Waals surface area contributed by atoms with Gasteiger partial charge in [-0.2, -0.15) is 0 Å². The first-order valence-corrected chi connectivity index (χ1v) is 8.90. The normalized spacial score (nSPS) is 43.9. The molecule has 1 aromatic rings. The molecule has 1 aliphatic carbocycles. The Kier molecular flexibility index (Phi) is 2.41. The Balaban J connectivity index is 1.72. The van der Waals surface area contributed by atoms with Crippen molar-refractivity contribution in [3.8, 4) is 0 Å². The Bertz CT molecular complexity index is 583. The molecule has 21 heavy (non-hydrogen) atoms. The molecular formula is C19H26N2. The number of rotatable bonds is 1. The van der Waals surface area contributed by atoms with Gasteiger partial charge in [-0.3, -0.25) is 4.90 Å². The van der Waals surface area contributed by atoms with E-state index in [-0.39, 0.29) is 0 Å². The molecule has 5 rings (SSSR count). The zero-order valence-electron chi connectivity index (χ0n) is 13.1. The smallest absolute Gasteiger partial charge is 0.0382 e. The van der Waals surface area contributed by atoms with Crippen molar-refractivity contribution in [3.63, 3.8) is 0 Å². The maximum atomic E-state index is 3.90. The number of nitrogens with one attached hydrogen (secondary N) is 1. The van der Waals surface area contributed by atoms with Gasteiger partial charge in [0.05, 0.1) is 0 Å². The summed E-state index contributed by atoms with van der Waals surface area (Å²) in [6, 6.07) is 10.7. The van der Waals surface area contributed by atoms with Crippen molar-refractivity contribution in [3.05, 3.63) is 29.8 Å². The van der Waals surface area contributed by atoms with Gasteiger partial charge in [0.15, 0.2) is 0 Å². The Morgan fingerprint density at radius 1 is 1.19 bits per heavy atom. The molecule has 3 heterocycles. The standard InChI is InChI=1S/C19H26N2/c1-2-18-9-5-12-21-13-11-19(17(18)21)14-6-3-4-7-15(14)20-16(19)8-10-18/h3-4,6-7,16-17,20H,2,5,8-13H2,1H3/t16-,17+,18+,19-/m0/s1. The van der Waals surface area contributed by atoms with Crippen LogP contribution in [0.2, 0.25) is 0 Å². The van der Waals surface area contributed by atoms with Gasteiger partial charge < -0.3 is 5.32 Å². The van der Waals surface area contributed by atoms with Crippen molar-refractivity contribution < 1.29 is 0 Å². The summed E-state index contributed by atoms with van der Waals surface area (Å²) in [5, 5.41) is 3.90. The predicted octanol–water partition coefficient (Wildman–Crippen LogP) is 3.78. The van der Waals surface area contributed by atoms with Crippen molar-refractivity contribution in [1.29, 1.82) is 0 Å². The molecule has 1 aromatic carbocycles. The maximum absolute atomic E-state index is 3.90. The van der Waals surface area contributed by atoms with E-state index < -0.39 is 0 Å². The summed E-state index contributed by atoms with van der Waals surface area (Å²) in [4.78, 5) is 2.86. The minimum absolute atomic E-state index is 0.408. The van der Waals surface area contributed by atoms with Gasteiger partial charge in [-0.25, -0.2) is 0 Å². The number of hydrogen-bond donors (Lipinski definition) is 1. The lowest BCUT2D eigenvalue weighted by atomic mass is 9.52. The van der Waals surface area contributed by atoms with Crippen LogP contribution in [0.4, 0.5) is 5.69 Å². The molecule has 3 fully saturated rings. The fraction of sp³-hybridized carbons (Fsp3) is 0.684. The minimum atomic E-state index is 0.408. The highest BCUT2D eigenvalue weighted by atomic mass is 15.2. The third-order valence-electron chi connectivity index (χ3n) is 7.38. The zero-order valence-corrected chi connectivity index (χ0v) is 13.1. The van der Waals surface area contributed by atoms with Gasteiger partial charge >= 0.3 is 0 Å². The van der Waals surface area contributed by atoms with Crippen LogP contribution in [-0.4, -0.2) is 30.1 Å². The molecule has 4 atom stereocenters. The van der Waals surface area contributed by atoms with Crippen molar-refractivity contribution >= 4 is 5.69 Å². The number of anilines is 1. The molecule has 4 aliphatic rings. The van der Waals surface area contributed by atoms with E-state index in [4.69, 9.17) is 0 Å². The van der Waals surface area contributed by atoms with E-state index in [1.807, 2.05) is 0 Å². The van der Waals surface area contributed by atoms with E-state index in [0.717, 1.165) is 6.04 Å². The summed E-state index contributed by atoms with van der Waals surface area (Å²) in [7, 11) is 0. The van der Waals surface area contributed by atoms with Gasteiger partial charge in [-0.05, 0) is 68.7 Å². The maximum Gasteiger partial charge on any atom is 0.0382 e. The van der Waals surface area contributed by atoms with Gasteiger partial charge in [0.2, 0.25) is 0 Å². The van der Waals surface area contributed by atoms with E-state index in [9.17, 15) is 0 Å². The largest absolute Gasteiger partial charge is 0.381 e. The Hall–Kier alpha value is -1.02. The minimum Gasteiger partial charge on any atom is -0.381 e. The van der Waals surface area contributed by atoms with Gasteiger partial charge in [0.25, 0.3) is 0 Å². The van der Waals surface area contributed by atoms with E-state index in [2.05, 4.69) is 41.4 Å². The number of para-hydroxylation sites is 1. The highest BCUT2D eigenvalue weighted by Crippen LogP contribution is 2.63. The number of benzene rings is 1. The molecule has 0 amide bonds. The monoisotopic (exact) mass is 282 g/mol. The highest BCUT2D eigenvalue weighted by molar-refractivity contribution is 5.64. The van der Waals surface area contributed by atoms with Crippen LogP contribution in [0.3, 0.4) is 0 Å². The average Bonchev–Trinajstić information content (AvgIpc) is 3.08. The molecule has 1 spiro atoms. The van der Waals surface area contributed by atoms with Crippen LogP contribution in [0.1, 0.15) is 51.0 Å². The third-order valence-corrected chi connectivity index (χ3v) is 7.38. The van der Waals surface area contributed by atoms with Crippen LogP contribution >= 0.6 is 0 Å². The Labute approximate surface area is 127 Å². The summed E-state index contributed by atoms with van der Waals surface area (Å²) < 4.78 is 0. The topological polar surface area (TPSA) is 15.3 Å². The first-order valence-electron chi connectivity index (χ1n) is 8.90. The summed E-state index contributed by atoms with van der Waals surface area (Å²) in [5.41, 5.74) is 4.07. The highest BCUT2D eigenvalue weighted by Gasteiger charge is 2.65. The lowest BCUT2D eigenvalue weighted by molar-refractivity contribution is -0.0309. The quantitative estimate of drug-likeness (QED) is 0.843. The van der Waals surface area contributed by atoms with Crippen molar-refractivity contribution in [2.45, 2.75) is 62.9 Å². The summed E-state index contributed by atoms with van der Waals surface area (Å²) in [6.45, 7) is 5.10. The molecule has 1 N–H and O–H groups in total. The van der Waals surface area contributed by atoms with Crippen LogP contribution in [0.15, 0.2) is 24.3 Å². The van der Waals surface area contributed by atoms with E-state index in [1.165, 1.54) is 57.3 Å². The lowest BCUT2D eigenvalue weighted by Gasteiger charge is -2.58. The average molecular weight is 282 g/mol. The number of piperidine rings is 1. The molecule has 2 heteroatoms. The van der Waals surface area contributed by atoms with E-state index in [1.54, 1.807) is 5.56 Å². The van der Waals surface area contributed by atoms with E-state index >= 15 is 0 Å². The second-order valence-electron chi connectivity index (χ2n) is 7.83. The molecule has 2 saturated heterocycles. The molecule has 0 bridgehead atoms. The van der Waals surface area contributed by atoms with Crippen LogP contribution < -0.4 is 5.32 Å². The summed E-state index contributed by atoms with van der Waals surface area (Å²) in [5.74, 6) is 0. The van der Waals surface area contributed by atoms with Crippen LogP contribution in [0, 0.1) is 5.41 Å². The molecule has 1 saturated carbocycles. The number of nitrogens with zero attached hydrogens (tertiary/aromatic N) is 1. The van der Waals surface area contributed by atoms with Crippen molar-refractivity contribution in [2.24, 2.45) is 5.41 Å². The Morgan fingerprint density at radius 3 is 3.00 bits per heavy atom. The van der Waals surface area contributed by atoms with Crippen LogP contribution in [0.5, 0.6) is 0 Å². The van der Waals surface area contributed by atoms with Gasteiger partial charge in [-0.15, -0.1) is 0 Å². The van der Waals surface area contributed by atoms with Crippen molar-refractivity contribution in [2.75, 3.05) is 18.4 Å². The van der Waals surface area contributed by atoms with E-state index in [0.29, 0.717) is 16.9 Å². The molecule has 0 aromatic heterocycles. The predicted molar refractivity (Wildman–Crippen MR) is 86.7 cm³/mol. The summed E-state index contributed by atoms with van der Waals surface area (Å²) in [6.07, 6.45) is 8.41. The molecular weight excluding hydrogens is 256 g/mol. The molecule has 112 valence electrons. The molecule has 0 radical (unpaired) electrons. The van der Waals surface area contributed by atoms with Gasteiger partial charge in [-0.1, -0.05) is 25.1 Å². The first-order chi connectivity index (χ1) is 10.3. The molecule has 0 unspecified atom stereocenters. The lowest BCUT2D eigenvalue weighted by Crippen LogP contribution is -2.63. The van der Waals surface area contributed by atoms with Crippen LogP contribution in [-0.2, 0) is 5.41 Å². The van der Waals surface area contributed by atoms with Gasteiger partial charge in [0, 0.05) is 23.2 Å². The molecule has 3 aliphatic heterocycles. The van der Waals surface area contributed by atoms with Crippen LogP contribution in [0.25, 0.3) is 0 Å². The second-order valence-corrected chi connectivity index (χ2v) is 7.83. The van der Waals surface area contributed by atoms with Crippen molar-refractivity contribution in [1.82, 2.24) is 4.90 Å². The van der Waals surface area contributed by atoms with Gasteiger partial charge in [0.1, 0.15) is 0 Å². The fourth-order valence-electron chi connectivity index (χ4n) is 6.60. The third kappa shape index (κ3) is 1.34. The molecule has 2 nitrogen and oxygen atoms in total. The number of hydrogen-bond acceptors (Lipinski definition) is 2. The SMILES string of the molecule is CC[C@@]12CCCN3CC[C@@]4(c5ccccc5N[C@H]4CC1)[C@H]32. The first kappa shape index (κ1) is 12.5. The Morgan fingerprint density at radius 2 is 2.10 bits per heavy atom. The fourth-order valence-corrected chi connectivity index (χ4v) is 6.60. The zero-order chi connectivity index (χ0) is 14.1.